The van der Waals surface area contributed by atoms with Gasteiger partial charge in [-0.3, -0.25) is 39.9 Å². The third-order valence-corrected chi connectivity index (χ3v) is 18.3. The molecule has 0 amide bonds. The maximum Gasteiger partial charge on any atom is 2.00 e. The molecule has 19 rings (SSSR count). The number of pyridine rings is 8. The van der Waals surface area contributed by atoms with Crippen molar-refractivity contribution in [2.24, 2.45) is 0 Å². The van der Waals surface area contributed by atoms with Crippen LogP contribution in [0.4, 0.5) is 13.2 Å². The molecule has 0 aliphatic rings. The van der Waals surface area contributed by atoms with Crippen LogP contribution in [0, 0.1) is 63.2 Å². The van der Waals surface area contributed by atoms with Gasteiger partial charge in [-0.15, -0.1) is 173 Å². The Morgan fingerprint density at radius 2 is 0.661 bits per heavy atom. The number of hydrogen-bond donors (Lipinski definition) is 0. The van der Waals surface area contributed by atoms with Gasteiger partial charge in [-0.2, -0.15) is 86.0 Å². The normalized spacial score (nSPS) is 10.1. The maximum absolute atomic E-state index is 12.6. The Bertz CT molecular complexity index is 5960. The number of halogens is 4. The predicted molar refractivity (Wildman–Crippen MR) is 480 cm³/mol. The first-order valence-corrected chi connectivity index (χ1v) is 41.3. The molecule has 11 aromatic carbocycles. The minimum Gasteiger partial charge on any atom is -0.295 e. The van der Waals surface area contributed by atoms with Crippen LogP contribution >= 0.6 is 9.42 Å². The van der Waals surface area contributed by atoms with E-state index in [4.69, 9.17) is 14.7 Å². The largest absolute Gasteiger partial charge is 2.00 e. The van der Waals surface area contributed by atoms with E-state index in [9.17, 15) is 13.2 Å². The molecule has 0 unspecified atom stereocenters. The first kappa shape index (κ1) is 95.6. The number of benzene rings is 11. The number of fused-ring (bicyclic) bond motifs is 2. The van der Waals surface area contributed by atoms with Gasteiger partial charge in [0.2, 0.25) is 0 Å². The Kier molecular flexibility index (Phi) is 38.8. The average Bonchev–Trinajstić information content (AvgIpc) is 0.787. The molecule has 620 valence electrons. The van der Waals surface area contributed by atoms with Crippen molar-refractivity contribution in [3.8, 4) is 119 Å². The Morgan fingerprint density at radius 1 is 0.306 bits per heavy atom. The third-order valence-electron chi connectivity index (χ3n) is 18.3. The molecule has 8 heterocycles. The summed E-state index contributed by atoms with van der Waals surface area (Å²) in [7, 11) is 6.28. The van der Waals surface area contributed by atoms with E-state index in [1.807, 2.05) is 243 Å². The van der Waals surface area contributed by atoms with Crippen molar-refractivity contribution >= 4 is 31.0 Å². The molecule has 0 bridgehead atoms. The van der Waals surface area contributed by atoms with Crippen molar-refractivity contribution in [2.75, 3.05) is 7.11 Å². The fourth-order valence-electron chi connectivity index (χ4n) is 12.7. The molecule has 124 heavy (non-hydrogen) atoms. The van der Waals surface area contributed by atoms with Crippen LogP contribution < -0.4 is 4.74 Å². The van der Waals surface area contributed by atoms with Gasteiger partial charge in [0.1, 0.15) is 5.75 Å². The van der Waals surface area contributed by atoms with E-state index in [1.165, 1.54) is 49.9 Å². The van der Waals surface area contributed by atoms with Crippen molar-refractivity contribution in [1.82, 2.24) is 39.9 Å². The summed E-state index contributed by atoms with van der Waals surface area (Å²) in [4.78, 5) is 36.2. The Labute approximate surface area is 781 Å². The van der Waals surface area contributed by atoms with Crippen molar-refractivity contribution in [3.05, 3.63) is 466 Å². The van der Waals surface area contributed by atoms with Gasteiger partial charge >= 0.3 is 97.6 Å². The fraction of sp³-hybridized carbons (Fsp3) is 0.0467. The average molecular weight is 2360 g/mol. The maximum atomic E-state index is 12.6. The Hall–Kier alpha value is -12.2. The van der Waals surface area contributed by atoms with Crippen LogP contribution in [0.5, 0.6) is 5.75 Å². The summed E-state index contributed by atoms with van der Waals surface area (Å²) in [5.41, 5.74) is 21.0. The SMILES string of the molecule is COc1ccc(-c2cc(-c3[c-]cccc3)nc(-c3ccccn3)c2)cc1.Cc1cc(C)c(-c2cc(-c3[c-]cccc3)nc(-c3ccccn3)c2)c(C)c1.FC(F)(F)c1c[c-]c(-c2cccc(-c3ccccn3)n2)cc1.[Cl][Pt+].[Pt+2].[Pt+2].[Pt+2].[c-]1c2ccccc2cc2ccccc12.[c-]1ccccc1.[c-]1ccccc1.[c-]1ccccc1-c1cccc(-c2ccccn2)n1. The first-order valence-electron chi connectivity index (χ1n) is 38.5. The van der Waals surface area contributed by atoms with E-state index in [1.54, 1.807) is 74.9 Å². The van der Waals surface area contributed by atoms with Gasteiger partial charge in [0, 0.05) is 24.8 Å². The van der Waals surface area contributed by atoms with Gasteiger partial charge in [-0.25, -0.2) is 0 Å². The van der Waals surface area contributed by atoms with E-state index < -0.39 is 11.7 Å². The molecule has 0 fully saturated rings. The zero-order valence-corrected chi connectivity index (χ0v) is 77.2. The molecule has 0 aliphatic carbocycles. The van der Waals surface area contributed by atoms with Crippen LogP contribution in [-0.4, -0.2) is 47.0 Å². The van der Waals surface area contributed by atoms with Crippen LogP contribution in [0.25, 0.3) is 134 Å². The van der Waals surface area contributed by atoms with Crippen molar-refractivity contribution < 1.29 is 99.9 Å². The number of hydrogen-bond acceptors (Lipinski definition) is 9. The number of methoxy groups -OCH3 is 1. The van der Waals surface area contributed by atoms with Crippen LogP contribution in [-0.2, 0) is 88.1 Å². The summed E-state index contributed by atoms with van der Waals surface area (Å²) >= 11 is 1.61. The van der Waals surface area contributed by atoms with Crippen molar-refractivity contribution in [1.29, 1.82) is 0 Å². The molecule has 9 nitrogen and oxygen atoms in total. The second-order valence-corrected chi connectivity index (χ2v) is 26.8. The van der Waals surface area contributed by atoms with Crippen molar-refractivity contribution in [2.45, 2.75) is 26.9 Å². The number of nitrogens with zero attached hydrogens (tertiary/aromatic N) is 8. The van der Waals surface area contributed by atoms with Gasteiger partial charge in [0.15, 0.2) is 0 Å². The number of aryl methyl sites for hydroxylation is 3. The minimum atomic E-state index is -4.36. The summed E-state index contributed by atoms with van der Waals surface area (Å²) < 4.78 is 43.0. The molecule has 17 heteroatoms. The van der Waals surface area contributed by atoms with Crippen LogP contribution in [0.15, 0.2) is 401 Å². The van der Waals surface area contributed by atoms with Gasteiger partial charge in [-0.1, -0.05) is 138 Å². The zero-order chi connectivity index (χ0) is 84.2. The van der Waals surface area contributed by atoms with Crippen molar-refractivity contribution in [3.63, 3.8) is 0 Å². The van der Waals surface area contributed by atoms with Crippen LogP contribution in [0.2, 0.25) is 0 Å². The number of alkyl halides is 3. The zero-order valence-electron chi connectivity index (χ0n) is 67.4. The topological polar surface area (TPSA) is 112 Å². The van der Waals surface area contributed by atoms with E-state index in [0.29, 0.717) is 22.6 Å². The van der Waals surface area contributed by atoms with Crippen LogP contribution in [0.1, 0.15) is 22.3 Å². The van der Waals surface area contributed by atoms with Gasteiger partial charge in [0.25, 0.3) is 0 Å². The van der Waals surface area contributed by atoms with E-state index >= 15 is 0 Å². The third kappa shape index (κ3) is 28.4. The monoisotopic (exact) mass is 2360 g/mol. The number of aromatic nitrogens is 8. The summed E-state index contributed by atoms with van der Waals surface area (Å²) in [5.74, 6) is 0.837. The van der Waals surface area contributed by atoms with Gasteiger partial charge in [0.05, 0.1) is 52.7 Å². The molecular weight excluding hydrogens is 2290 g/mol. The molecule has 0 N–H and O–H groups in total. The summed E-state index contributed by atoms with van der Waals surface area (Å²) in [5, 5.41) is 4.88. The molecule has 0 atom stereocenters. The molecule has 0 aliphatic heterocycles. The van der Waals surface area contributed by atoms with E-state index in [-0.39, 0.29) is 63.2 Å². The molecule has 0 radical (unpaired) electrons. The first-order chi connectivity index (χ1) is 59.3. The summed E-state index contributed by atoms with van der Waals surface area (Å²) in [6.45, 7) is 6.48. The van der Waals surface area contributed by atoms with Crippen LogP contribution in [0.3, 0.4) is 0 Å². The number of ether oxygens (including phenoxy) is 1. The quantitative estimate of drug-likeness (QED) is 0.0923. The Morgan fingerprint density at radius 3 is 1.03 bits per heavy atom. The molecule has 0 spiro atoms. The smallest absolute Gasteiger partial charge is 0.295 e. The molecular formula is C107H78ClF3N8OPt4. The minimum absolute atomic E-state index is 0. The summed E-state index contributed by atoms with van der Waals surface area (Å²) in [6.07, 6.45) is 2.66. The summed E-state index contributed by atoms with van der Waals surface area (Å²) in [6, 6.07) is 142. The van der Waals surface area contributed by atoms with Gasteiger partial charge < -0.3 is 4.74 Å². The fourth-order valence-corrected chi connectivity index (χ4v) is 12.7. The van der Waals surface area contributed by atoms with E-state index in [2.05, 4.69) is 194 Å². The standard InChI is InChI=1S/C25H21N2.C23H17N2O.C17H10F3N2.C16H11N2.C14H9.2C6H5.ClH.4Pt/c1-17-13-18(2)25(19(3)14-17)21-15-23(20-9-5-4-6-10-20)27-24(16-21)22-11-7-8-12-26-22;1-26-20-12-10-17(11-13-20)19-15-22(18-7-3-2-4-8-18)25-23(16-19)21-9-5-6-14-24-21;18-17(19,20)13-9-7-12(8-10-13)14-5-3-6-16(22-14)15-4-1-2-11-21-15;1-2-7-13(8-3-1)14-10-6-11-16(18-14)15-9-4-5-12-17-15;1-2-6-12-10-14-8-4-3-7-13(14)9-11(12)5-1;2*1-2-4-6-5-3-1;;;;;/h4-9,11-16H,1-3H3;2-7,9-16H,1H3;1-7,9-11H;1-7,9-12H;1-9H;2*1-5H;1H;;;;/q7*-1;;4*+2/p-1. The predicted octanol–water partition coefficient (Wildman–Crippen LogP) is 27.2. The number of rotatable bonds is 11. The van der Waals surface area contributed by atoms with E-state index in [0.717, 1.165) is 103 Å². The molecule has 0 saturated heterocycles. The van der Waals surface area contributed by atoms with Gasteiger partial charge in [-0.05, 0) is 167 Å². The molecule has 0 saturated carbocycles. The second kappa shape index (κ2) is 50.4. The molecule has 19 aromatic rings. The molecule has 8 aromatic heterocycles. The second-order valence-electron chi connectivity index (χ2n) is 26.8. The Balaban J connectivity index is 0.000000170.